The summed E-state index contributed by atoms with van der Waals surface area (Å²) in [5, 5.41) is 9.28. The van der Waals surface area contributed by atoms with E-state index in [9.17, 15) is 14.7 Å². The van der Waals surface area contributed by atoms with E-state index < -0.39 is 17.9 Å². The Hall–Kier alpha value is -3.41. The summed E-state index contributed by atoms with van der Waals surface area (Å²) < 4.78 is 1.50. The number of carboxylic acid groups (broad SMARTS) is 1. The summed E-state index contributed by atoms with van der Waals surface area (Å²) in [6, 6.07) is 12.6. The predicted molar refractivity (Wildman–Crippen MR) is 93.6 cm³/mol. The first-order chi connectivity index (χ1) is 12.0. The van der Waals surface area contributed by atoms with Gasteiger partial charge in [0.05, 0.1) is 6.42 Å². The number of amides is 1. The van der Waals surface area contributed by atoms with Gasteiger partial charge in [0.2, 0.25) is 5.91 Å². The first-order valence-electron chi connectivity index (χ1n) is 7.74. The number of aliphatic carboxylic acids is 1. The molecule has 0 aliphatic heterocycles. The fourth-order valence-corrected chi connectivity index (χ4v) is 2.69. The van der Waals surface area contributed by atoms with Crippen LogP contribution in [0, 0.1) is 0 Å². The van der Waals surface area contributed by atoms with E-state index in [4.69, 9.17) is 5.73 Å². The average molecular weight is 335 g/mol. The second kappa shape index (κ2) is 7.00. The molecule has 0 saturated heterocycles. The quantitative estimate of drug-likeness (QED) is 0.723. The Morgan fingerprint density at radius 3 is 2.08 bits per heavy atom. The van der Waals surface area contributed by atoms with Crippen LogP contribution in [0.2, 0.25) is 0 Å². The summed E-state index contributed by atoms with van der Waals surface area (Å²) in [5.41, 5.74) is 9.12. The monoisotopic (exact) mass is 335 g/mol. The zero-order valence-electron chi connectivity index (χ0n) is 13.4. The van der Waals surface area contributed by atoms with Crippen molar-refractivity contribution in [2.24, 2.45) is 5.73 Å². The predicted octanol–water partition coefficient (Wildman–Crippen LogP) is 2.72. The van der Waals surface area contributed by atoms with Gasteiger partial charge in [0.25, 0.3) is 0 Å². The van der Waals surface area contributed by atoms with Gasteiger partial charge in [-0.15, -0.1) is 0 Å². The third-order valence-electron chi connectivity index (χ3n) is 3.99. The third kappa shape index (κ3) is 3.74. The lowest BCUT2D eigenvalue weighted by Crippen LogP contribution is -2.24. The lowest BCUT2D eigenvalue weighted by atomic mass is 10.0. The largest absolute Gasteiger partial charge is 0.480 e. The topological polar surface area (TPSA) is 98.2 Å². The van der Waals surface area contributed by atoms with Crippen LogP contribution in [0.5, 0.6) is 0 Å². The van der Waals surface area contributed by atoms with E-state index in [1.807, 2.05) is 42.5 Å². The summed E-state index contributed by atoms with van der Waals surface area (Å²) in [5.74, 6) is -1.74. The van der Waals surface area contributed by atoms with Gasteiger partial charge in [-0.2, -0.15) is 0 Å². The summed E-state index contributed by atoms with van der Waals surface area (Å²) in [6.07, 6.45) is 6.60. The van der Waals surface area contributed by atoms with Gasteiger partial charge in [0, 0.05) is 24.8 Å². The van der Waals surface area contributed by atoms with Gasteiger partial charge in [-0.25, -0.2) is 4.79 Å². The van der Waals surface area contributed by atoms with E-state index in [0.717, 1.165) is 22.3 Å². The van der Waals surface area contributed by atoms with E-state index >= 15 is 0 Å². The molecule has 0 aliphatic rings. The molecule has 0 spiro atoms. The summed E-state index contributed by atoms with van der Waals surface area (Å²) in [7, 11) is 0. The molecule has 126 valence electrons. The number of aromatic nitrogens is 2. The first kappa shape index (κ1) is 16.4. The van der Waals surface area contributed by atoms with Crippen molar-refractivity contribution in [1.82, 2.24) is 9.55 Å². The number of hydrogen-bond acceptors (Lipinski definition) is 3. The molecule has 25 heavy (non-hydrogen) atoms. The maximum Gasteiger partial charge on any atom is 0.327 e. The number of pyridine rings is 1. The van der Waals surface area contributed by atoms with Crippen LogP contribution in [0.1, 0.15) is 12.5 Å². The lowest BCUT2D eigenvalue weighted by molar-refractivity contribution is -0.142. The zero-order valence-corrected chi connectivity index (χ0v) is 13.4. The maximum atomic E-state index is 11.3. The van der Waals surface area contributed by atoms with Gasteiger partial charge in [0.15, 0.2) is 0 Å². The van der Waals surface area contributed by atoms with Crippen molar-refractivity contribution < 1.29 is 14.7 Å². The number of hydrogen-bond donors (Lipinski definition) is 2. The molecule has 1 atom stereocenters. The van der Waals surface area contributed by atoms with E-state index in [1.165, 1.54) is 4.57 Å². The minimum Gasteiger partial charge on any atom is -0.480 e. The van der Waals surface area contributed by atoms with Crippen molar-refractivity contribution in [2.75, 3.05) is 0 Å². The second-order valence-electron chi connectivity index (χ2n) is 5.69. The standard InChI is InChI=1S/C19H17N3O3/c20-18(23)11-17(19(24)25)22-10-7-16(12-22)14-3-1-13(2-4-14)15-5-8-21-9-6-15/h1-10,12,17H,11H2,(H2,20,23)(H,24,25). The van der Waals surface area contributed by atoms with Crippen molar-refractivity contribution in [3.05, 3.63) is 67.3 Å². The van der Waals surface area contributed by atoms with Crippen LogP contribution in [-0.4, -0.2) is 26.5 Å². The molecule has 3 aromatic rings. The molecule has 2 heterocycles. The molecule has 0 bridgehead atoms. The molecule has 0 fully saturated rings. The van der Waals surface area contributed by atoms with Crippen LogP contribution in [0.4, 0.5) is 0 Å². The lowest BCUT2D eigenvalue weighted by Gasteiger charge is -2.12. The van der Waals surface area contributed by atoms with Crippen molar-refractivity contribution in [1.29, 1.82) is 0 Å². The van der Waals surface area contributed by atoms with Gasteiger partial charge in [-0.1, -0.05) is 24.3 Å². The summed E-state index contributed by atoms with van der Waals surface area (Å²) >= 11 is 0. The van der Waals surface area contributed by atoms with Gasteiger partial charge < -0.3 is 15.4 Å². The fraction of sp³-hybridized carbons (Fsp3) is 0.105. The van der Waals surface area contributed by atoms with Crippen molar-refractivity contribution in [2.45, 2.75) is 12.5 Å². The van der Waals surface area contributed by atoms with E-state index in [2.05, 4.69) is 4.98 Å². The van der Waals surface area contributed by atoms with Crippen LogP contribution in [-0.2, 0) is 9.59 Å². The fourth-order valence-electron chi connectivity index (χ4n) is 2.69. The number of nitrogens with zero attached hydrogens (tertiary/aromatic N) is 2. The number of benzene rings is 1. The highest BCUT2D eigenvalue weighted by molar-refractivity contribution is 5.82. The molecule has 6 heteroatoms. The molecule has 2 aromatic heterocycles. The molecular formula is C19H17N3O3. The highest BCUT2D eigenvalue weighted by Crippen LogP contribution is 2.26. The minimum absolute atomic E-state index is 0.246. The van der Waals surface area contributed by atoms with Crippen molar-refractivity contribution in [3.8, 4) is 22.3 Å². The number of primary amides is 1. The van der Waals surface area contributed by atoms with Gasteiger partial charge in [-0.3, -0.25) is 9.78 Å². The highest BCUT2D eigenvalue weighted by Gasteiger charge is 2.21. The molecule has 0 radical (unpaired) electrons. The SMILES string of the molecule is NC(=O)CC(C(=O)O)n1ccc(-c2ccc(-c3ccncc3)cc2)c1. The van der Waals surface area contributed by atoms with Gasteiger partial charge >= 0.3 is 5.97 Å². The molecule has 0 saturated carbocycles. The van der Waals surface area contributed by atoms with Crippen LogP contribution < -0.4 is 5.73 Å². The molecule has 1 unspecified atom stereocenters. The maximum absolute atomic E-state index is 11.3. The molecular weight excluding hydrogens is 318 g/mol. The number of nitrogens with two attached hydrogens (primary N) is 1. The summed E-state index contributed by atoms with van der Waals surface area (Å²) in [6.45, 7) is 0. The van der Waals surface area contributed by atoms with Crippen molar-refractivity contribution in [3.63, 3.8) is 0 Å². The van der Waals surface area contributed by atoms with Gasteiger partial charge in [-0.05, 0) is 40.5 Å². The normalized spacial score (nSPS) is 11.8. The summed E-state index contributed by atoms with van der Waals surface area (Å²) in [4.78, 5) is 26.4. The first-order valence-corrected chi connectivity index (χ1v) is 7.74. The second-order valence-corrected chi connectivity index (χ2v) is 5.69. The van der Waals surface area contributed by atoms with Crippen LogP contribution >= 0.6 is 0 Å². The van der Waals surface area contributed by atoms with Crippen LogP contribution in [0.3, 0.4) is 0 Å². The number of carbonyl (C=O) groups excluding carboxylic acids is 1. The number of carbonyl (C=O) groups is 2. The molecule has 1 amide bonds. The molecule has 3 rings (SSSR count). The number of rotatable bonds is 6. The zero-order chi connectivity index (χ0) is 17.8. The van der Waals surface area contributed by atoms with Gasteiger partial charge in [0.1, 0.15) is 6.04 Å². The average Bonchev–Trinajstić information content (AvgIpc) is 3.10. The van der Waals surface area contributed by atoms with Crippen LogP contribution in [0.15, 0.2) is 67.3 Å². The van der Waals surface area contributed by atoms with E-state index in [-0.39, 0.29) is 6.42 Å². The Morgan fingerprint density at radius 2 is 1.52 bits per heavy atom. The van der Waals surface area contributed by atoms with E-state index in [1.54, 1.807) is 24.8 Å². The molecule has 0 aliphatic carbocycles. The number of carboxylic acids is 1. The van der Waals surface area contributed by atoms with Crippen LogP contribution in [0.25, 0.3) is 22.3 Å². The molecule has 6 nitrogen and oxygen atoms in total. The molecule has 3 N–H and O–H groups in total. The van der Waals surface area contributed by atoms with Crippen molar-refractivity contribution >= 4 is 11.9 Å². The Labute approximate surface area is 144 Å². The smallest absolute Gasteiger partial charge is 0.327 e. The van der Waals surface area contributed by atoms with E-state index in [0.29, 0.717) is 0 Å². The minimum atomic E-state index is -1.09. The Balaban J connectivity index is 1.84. The Morgan fingerprint density at radius 1 is 0.960 bits per heavy atom. The molecule has 1 aromatic carbocycles. The third-order valence-corrected chi connectivity index (χ3v) is 3.99. The Kier molecular flexibility index (Phi) is 4.61. The highest BCUT2D eigenvalue weighted by atomic mass is 16.4. The Bertz CT molecular complexity index is 886.